The lowest BCUT2D eigenvalue weighted by molar-refractivity contribution is -0.124. The molecule has 2 rings (SSSR count). The molecule has 1 saturated heterocycles. The maximum atomic E-state index is 12.3. The van der Waals surface area contributed by atoms with Gasteiger partial charge in [0.25, 0.3) is 0 Å². The van der Waals surface area contributed by atoms with Gasteiger partial charge in [0.15, 0.2) is 0 Å². The minimum atomic E-state index is 0.141. The highest BCUT2D eigenvalue weighted by Crippen LogP contribution is 2.25. The van der Waals surface area contributed by atoms with Crippen molar-refractivity contribution in [2.45, 2.75) is 52.1 Å². The number of amides is 1. The number of piperidine rings is 1. The van der Waals surface area contributed by atoms with Crippen molar-refractivity contribution in [2.75, 3.05) is 13.1 Å². The Morgan fingerprint density at radius 3 is 2.90 bits per heavy atom. The van der Waals surface area contributed by atoms with Crippen molar-refractivity contribution in [2.24, 2.45) is 5.92 Å². The number of nitrogens with one attached hydrogen (secondary N) is 1. The Balaban J connectivity index is 1.91. The number of hydrogen-bond acceptors (Lipinski definition) is 3. The molecule has 4 heteroatoms. The summed E-state index contributed by atoms with van der Waals surface area (Å²) in [6, 6.07) is 4.84. The van der Waals surface area contributed by atoms with Gasteiger partial charge < -0.3 is 5.32 Å². The van der Waals surface area contributed by atoms with Crippen molar-refractivity contribution >= 4 is 17.2 Å². The van der Waals surface area contributed by atoms with Gasteiger partial charge in [-0.25, -0.2) is 0 Å². The van der Waals surface area contributed by atoms with E-state index in [2.05, 4.69) is 42.4 Å². The van der Waals surface area contributed by atoms with Gasteiger partial charge in [0, 0.05) is 10.9 Å². The summed E-state index contributed by atoms with van der Waals surface area (Å²) >= 11 is 1.72. The van der Waals surface area contributed by atoms with Gasteiger partial charge in [0.2, 0.25) is 5.91 Å². The van der Waals surface area contributed by atoms with Crippen molar-refractivity contribution in [1.82, 2.24) is 10.2 Å². The first-order chi connectivity index (χ1) is 9.58. The van der Waals surface area contributed by atoms with Crippen LogP contribution in [0.4, 0.5) is 0 Å². The van der Waals surface area contributed by atoms with E-state index in [0.717, 1.165) is 6.54 Å². The van der Waals surface area contributed by atoms with Crippen LogP contribution in [0.1, 0.15) is 51.0 Å². The zero-order chi connectivity index (χ0) is 14.5. The Morgan fingerprint density at radius 2 is 2.30 bits per heavy atom. The SMILES string of the molecule is CC(C)C(NC(=O)CN1CCCCC1C)c1cccs1. The van der Waals surface area contributed by atoms with Crippen LogP contribution in [0, 0.1) is 5.92 Å². The lowest BCUT2D eigenvalue weighted by Gasteiger charge is -2.33. The molecule has 1 aromatic heterocycles. The maximum Gasteiger partial charge on any atom is 0.234 e. The fourth-order valence-corrected chi connectivity index (χ4v) is 3.78. The van der Waals surface area contributed by atoms with E-state index in [1.807, 2.05) is 6.07 Å². The molecule has 20 heavy (non-hydrogen) atoms. The van der Waals surface area contributed by atoms with Crippen LogP contribution in [0.2, 0.25) is 0 Å². The lowest BCUT2D eigenvalue weighted by atomic mass is 10.0. The lowest BCUT2D eigenvalue weighted by Crippen LogP contribution is -2.45. The summed E-state index contributed by atoms with van der Waals surface area (Å²) < 4.78 is 0. The normalized spacial score (nSPS) is 21.9. The zero-order valence-electron chi connectivity index (χ0n) is 12.8. The number of nitrogens with zero attached hydrogens (tertiary/aromatic N) is 1. The van der Waals surface area contributed by atoms with Crippen LogP contribution < -0.4 is 5.32 Å². The molecular weight excluding hydrogens is 268 g/mol. The highest BCUT2D eigenvalue weighted by atomic mass is 32.1. The minimum absolute atomic E-state index is 0.141. The van der Waals surface area contributed by atoms with Crippen molar-refractivity contribution in [1.29, 1.82) is 0 Å². The third kappa shape index (κ3) is 4.06. The van der Waals surface area contributed by atoms with Crippen molar-refractivity contribution in [3.8, 4) is 0 Å². The van der Waals surface area contributed by atoms with E-state index in [1.165, 1.54) is 24.1 Å². The van der Waals surface area contributed by atoms with E-state index in [-0.39, 0.29) is 11.9 Å². The Kier molecular flexibility index (Phi) is 5.61. The monoisotopic (exact) mass is 294 g/mol. The van der Waals surface area contributed by atoms with Gasteiger partial charge in [0.1, 0.15) is 0 Å². The average molecular weight is 294 g/mol. The van der Waals surface area contributed by atoms with Crippen LogP contribution in [-0.4, -0.2) is 29.9 Å². The Hall–Kier alpha value is -0.870. The van der Waals surface area contributed by atoms with Gasteiger partial charge in [-0.3, -0.25) is 9.69 Å². The van der Waals surface area contributed by atoms with Crippen LogP contribution in [0.25, 0.3) is 0 Å². The zero-order valence-corrected chi connectivity index (χ0v) is 13.6. The first kappa shape index (κ1) is 15.5. The van der Waals surface area contributed by atoms with Gasteiger partial charge in [-0.1, -0.05) is 26.3 Å². The van der Waals surface area contributed by atoms with Gasteiger partial charge in [-0.15, -0.1) is 11.3 Å². The molecule has 1 fully saturated rings. The first-order valence-corrected chi connectivity index (χ1v) is 8.52. The smallest absolute Gasteiger partial charge is 0.234 e. The van der Waals surface area contributed by atoms with E-state index in [4.69, 9.17) is 0 Å². The minimum Gasteiger partial charge on any atom is -0.347 e. The average Bonchev–Trinajstić information content (AvgIpc) is 2.92. The Bertz CT molecular complexity index is 416. The van der Waals surface area contributed by atoms with Crippen LogP contribution >= 0.6 is 11.3 Å². The number of thiophene rings is 1. The summed E-state index contributed by atoms with van der Waals surface area (Å²) in [6.07, 6.45) is 3.73. The molecule has 2 heterocycles. The summed E-state index contributed by atoms with van der Waals surface area (Å²) in [5.41, 5.74) is 0. The summed E-state index contributed by atoms with van der Waals surface area (Å²) in [6.45, 7) is 8.14. The second-order valence-corrected chi connectivity index (χ2v) is 7.10. The Morgan fingerprint density at radius 1 is 1.50 bits per heavy atom. The van der Waals surface area contributed by atoms with Crippen LogP contribution in [0.5, 0.6) is 0 Å². The van der Waals surface area contributed by atoms with Gasteiger partial charge in [0.05, 0.1) is 12.6 Å². The molecular formula is C16H26N2OS. The van der Waals surface area contributed by atoms with E-state index in [0.29, 0.717) is 18.5 Å². The predicted molar refractivity (Wildman–Crippen MR) is 84.9 cm³/mol. The summed E-state index contributed by atoms with van der Waals surface area (Å²) in [4.78, 5) is 15.9. The van der Waals surface area contributed by atoms with E-state index in [9.17, 15) is 4.79 Å². The number of hydrogen-bond donors (Lipinski definition) is 1. The summed E-state index contributed by atoms with van der Waals surface area (Å²) in [5.74, 6) is 0.572. The molecule has 1 N–H and O–H groups in total. The highest BCUT2D eigenvalue weighted by molar-refractivity contribution is 7.10. The molecule has 0 bridgehead atoms. The van der Waals surface area contributed by atoms with Crippen LogP contribution in [0.3, 0.4) is 0 Å². The second-order valence-electron chi connectivity index (χ2n) is 6.12. The standard InChI is InChI=1S/C16H26N2OS/c1-12(2)16(14-8-6-10-20-14)17-15(19)11-18-9-5-4-7-13(18)3/h6,8,10,12-13,16H,4-5,7,9,11H2,1-3H3,(H,17,19). The quantitative estimate of drug-likeness (QED) is 0.902. The fraction of sp³-hybridized carbons (Fsp3) is 0.688. The molecule has 2 atom stereocenters. The molecule has 1 amide bonds. The number of rotatable bonds is 5. The van der Waals surface area contributed by atoms with Gasteiger partial charge in [-0.2, -0.15) is 0 Å². The molecule has 0 aliphatic carbocycles. The summed E-state index contributed by atoms with van der Waals surface area (Å²) in [7, 11) is 0. The third-order valence-corrected chi connectivity index (χ3v) is 5.08. The molecule has 0 saturated carbocycles. The fourth-order valence-electron chi connectivity index (χ4n) is 2.83. The topological polar surface area (TPSA) is 32.3 Å². The molecule has 0 aromatic carbocycles. The highest BCUT2D eigenvalue weighted by Gasteiger charge is 2.23. The van der Waals surface area contributed by atoms with E-state index >= 15 is 0 Å². The molecule has 0 radical (unpaired) electrons. The first-order valence-electron chi connectivity index (χ1n) is 7.64. The number of likely N-dealkylation sites (tertiary alicyclic amines) is 1. The maximum absolute atomic E-state index is 12.3. The van der Waals surface area contributed by atoms with E-state index in [1.54, 1.807) is 11.3 Å². The molecule has 2 unspecified atom stereocenters. The van der Waals surface area contributed by atoms with Gasteiger partial charge >= 0.3 is 0 Å². The van der Waals surface area contributed by atoms with Crippen molar-refractivity contribution < 1.29 is 4.79 Å². The van der Waals surface area contributed by atoms with Crippen LogP contribution in [0.15, 0.2) is 17.5 Å². The Labute approximate surface area is 126 Å². The molecule has 1 aliphatic rings. The molecule has 0 spiro atoms. The molecule has 112 valence electrons. The summed E-state index contributed by atoms with van der Waals surface area (Å²) in [5, 5.41) is 5.29. The largest absolute Gasteiger partial charge is 0.347 e. The number of carbonyl (C=O) groups excluding carboxylic acids is 1. The van der Waals surface area contributed by atoms with E-state index < -0.39 is 0 Å². The third-order valence-electron chi connectivity index (χ3n) is 4.12. The van der Waals surface area contributed by atoms with Gasteiger partial charge in [-0.05, 0) is 43.7 Å². The van der Waals surface area contributed by atoms with Crippen molar-refractivity contribution in [3.05, 3.63) is 22.4 Å². The van der Waals surface area contributed by atoms with Crippen molar-refractivity contribution in [3.63, 3.8) is 0 Å². The predicted octanol–water partition coefficient (Wildman–Crippen LogP) is 3.44. The number of carbonyl (C=O) groups is 1. The molecule has 1 aromatic rings. The molecule has 1 aliphatic heterocycles. The molecule has 3 nitrogen and oxygen atoms in total. The second kappa shape index (κ2) is 7.23. The van der Waals surface area contributed by atoms with Crippen LogP contribution in [-0.2, 0) is 4.79 Å².